The molecule has 5 heteroatoms. The number of anilines is 1. The van der Waals surface area contributed by atoms with Gasteiger partial charge in [-0.1, -0.05) is 29.8 Å². The number of nitrogens with zero attached hydrogens (tertiary/aromatic N) is 3. The summed E-state index contributed by atoms with van der Waals surface area (Å²) >= 11 is 0. The molecular formula is C17H16N4O. The molecule has 0 saturated carbocycles. The van der Waals surface area contributed by atoms with E-state index in [-0.39, 0.29) is 11.7 Å². The van der Waals surface area contributed by atoms with Gasteiger partial charge in [0.1, 0.15) is 6.33 Å². The highest BCUT2D eigenvalue weighted by atomic mass is 16.2. The number of carbonyl (C=O) groups excluding carboxylic acids is 1. The Bertz CT molecular complexity index is 806. The first-order valence-corrected chi connectivity index (χ1v) is 6.98. The lowest BCUT2D eigenvalue weighted by Gasteiger charge is -2.03. The number of aryl methyl sites for hydroxylation is 2. The van der Waals surface area contributed by atoms with Crippen LogP contribution in [0.3, 0.4) is 0 Å². The Morgan fingerprint density at radius 2 is 1.82 bits per heavy atom. The zero-order valence-corrected chi connectivity index (χ0v) is 12.4. The lowest BCUT2D eigenvalue weighted by molar-refractivity contribution is 0.101. The van der Waals surface area contributed by atoms with E-state index in [1.54, 1.807) is 4.68 Å². The molecule has 0 atom stereocenters. The van der Waals surface area contributed by atoms with Crippen molar-refractivity contribution >= 4 is 11.6 Å². The predicted octanol–water partition coefficient (Wildman–Crippen LogP) is 3.14. The molecule has 0 aliphatic rings. The molecule has 3 rings (SSSR count). The van der Waals surface area contributed by atoms with Crippen molar-refractivity contribution in [2.75, 3.05) is 5.32 Å². The number of hydrogen-bond acceptors (Lipinski definition) is 3. The minimum absolute atomic E-state index is 0.141. The maximum Gasteiger partial charge on any atom is 0.295 e. The van der Waals surface area contributed by atoms with Gasteiger partial charge >= 0.3 is 0 Å². The van der Waals surface area contributed by atoms with Crippen LogP contribution < -0.4 is 5.32 Å². The zero-order chi connectivity index (χ0) is 15.5. The van der Waals surface area contributed by atoms with Crippen LogP contribution in [0, 0.1) is 13.8 Å². The lowest BCUT2D eigenvalue weighted by atomic mass is 10.2. The average molecular weight is 292 g/mol. The van der Waals surface area contributed by atoms with E-state index in [0.29, 0.717) is 0 Å². The summed E-state index contributed by atoms with van der Waals surface area (Å²) in [7, 11) is 0. The molecule has 1 heterocycles. The Morgan fingerprint density at radius 1 is 1.05 bits per heavy atom. The number of carbonyl (C=O) groups is 1. The fourth-order valence-corrected chi connectivity index (χ4v) is 2.10. The van der Waals surface area contributed by atoms with E-state index in [1.165, 1.54) is 11.9 Å². The molecule has 0 fully saturated rings. The van der Waals surface area contributed by atoms with Crippen LogP contribution >= 0.6 is 0 Å². The van der Waals surface area contributed by atoms with Gasteiger partial charge in [-0.15, -0.1) is 5.10 Å². The Balaban J connectivity index is 1.78. The maximum absolute atomic E-state index is 12.2. The molecule has 22 heavy (non-hydrogen) atoms. The Hall–Kier alpha value is -2.95. The SMILES string of the molecule is Cc1ccc(-n2cnc(C(=O)Nc3cccc(C)c3)n2)cc1. The first kappa shape index (κ1) is 14.0. The van der Waals surface area contributed by atoms with E-state index in [9.17, 15) is 4.79 Å². The highest BCUT2D eigenvalue weighted by Crippen LogP contribution is 2.11. The minimum Gasteiger partial charge on any atom is -0.319 e. The van der Waals surface area contributed by atoms with Gasteiger partial charge in [-0.05, 0) is 43.7 Å². The Labute approximate surface area is 128 Å². The van der Waals surface area contributed by atoms with Gasteiger partial charge in [0.2, 0.25) is 5.82 Å². The van der Waals surface area contributed by atoms with Crippen molar-refractivity contribution in [3.63, 3.8) is 0 Å². The third-order valence-electron chi connectivity index (χ3n) is 3.27. The molecule has 1 N–H and O–H groups in total. The van der Waals surface area contributed by atoms with Crippen molar-refractivity contribution in [1.82, 2.24) is 14.8 Å². The van der Waals surface area contributed by atoms with Crippen molar-refractivity contribution in [2.24, 2.45) is 0 Å². The molecule has 3 aromatic rings. The van der Waals surface area contributed by atoms with Crippen LogP contribution in [0.15, 0.2) is 54.9 Å². The highest BCUT2D eigenvalue weighted by Gasteiger charge is 2.12. The van der Waals surface area contributed by atoms with Crippen molar-refractivity contribution in [3.8, 4) is 5.69 Å². The molecule has 0 unspecified atom stereocenters. The Kier molecular flexibility index (Phi) is 3.70. The standard InChI is InChI=1S/C17H16N4O/c1-12-6-8-15(9-7-12)21-11-18-16(20-21)17(22)19-14-5-3-4-13(2)10-14/h3-11H,1-2H3,(H,19,22). The summed E-state index contributed by atoms with van der Waals surface area (Å²) < 4.78 is 1.59. The number of benzene rings is 2. The first-order valence-electron chi connectivity index (χ1n) is 6.98. The van der Waals surface area contributed by atoms with Crippen LogP contribution in [-0.4, -0.2) is 20.7 Å². The number of amides is 1. The zero-order valence-electron chi connectivity index (χ0n) is 12.4. The molecule has 0 aliphatic heterocycles. The number of nitrogens with one attached hydrogen (secondary N) is 1. The van der Waals surface area contributed by atoms with Gasteiger partial charge in [-0.2, -0.15) is 0 Å². The van der Waals surface area contributed by atoms with Gasteiger partial charge in [-0.3, -0.25) is 4.79 Å². The highest BCUT2D eigenvalue weighted by molar-refractivity contribution is 6.01. The molecule has 0 aliphatic carbocycles. The minimum atomic E-state index is -0.323. The van der Waals surface area contributed by atoms with E-state index in [0.717, 1.165) is 16.9 Å². The van der Waals surface area contributed by atoms with Crippen LogP contribution in [0.1, 0.15) is 21.7 Å². The van der Waals surface area contributed by atoms with Crippen molar-refractivity contribution in [1.29, 1.82) is 0 Å². The van der Waals surface area contributed by atoms with Gasteiger partial charge in [0.05, 0.1) is 5.69 Å². The fourth-order valence-electron chi connectivity index (χ4n) is 2.10. The smallest absolute Gasteiger partial charge is 0.295 e. The summed E-state index contributed by atoms with van der Waals surface area (Å²) in [6, 6.07) is 15.4. The van der Waals surface area contributed by atoms with Crippen LogP contribution in [0.4, 0.5) is 5.69 Å². The van der Waals surface area contributed by atoms with E-state index >= 15 is 0 Å². The summed E-state index contributed by atoms with van der Waals surface area (Å²) in [6.07, 6.45) is 1.54. The normalized spacial score (nSPS) is 10.5. The molecule has 0 radical (unpaired) electrons. The van der Waals surface area contributed by atoms with Gasteiger partial charge < -0.3 is 5.32 Å². The van der Waals surface area contributed by atoms with E-state index in [1.807, 2.05) is 62.4 Å². The molecule has 1 aromatic heterocycles. The molecular weight excluding hydrogens is 276 g/mol. The molecule has 2 aromatic carbocycles. The van der Waals surface area contributed by atoms with Crippen molar-refractivity contribution < 1.29 is 4.79 Å². The predicted molar refractivity (Wildman–Crippen MR) is 85.2 cm³/mol. The van der Waals surface area contributed by atoms with Gasteiger partial charge in [0.15, 0.2) is 0 Å². The summed E-state index contributed by atoms with van der Waals surface area (Å²) in [4.78, 5) is 16.2. The average Bonchev–Trinajstić information content (AvgIpc) is 2.98. The van der Waals surface area contributed by atoms with Crippen LogP contribution in [0.5, 0.6) is 0 Å². The van der Waals surface area contributed by atoms with Crippen molar-refractivity contribution in [3.05, 3.63) is 71.8 Å². The fraction of sp³-hybridized carbons (Fsp3) is 0.118. The molecule has 110 valence electrons. The topological polar surface area (TPSA) is 59.8 Å². The third kappa shape index (κ3) is 3.03. The second kappa shape index (κ2) is 5.81. The van der Waals surface area contributed by atoms with Crippen LogP contribution in [0.2, 0.25) is 0 Å². The summed E-state index contributed by atoms with van der Waals surface area (Å²) in [6.45, 7) is 3.99. The van der Waals surface area contributed by atoms with Crippen LogP contribution in [-0.2, 0) is 0 Å². The number of aromatic nitrogens is 3. The monoisotopic (exact) mass is 292 g/mol. The van der Waals surface area contributed by atoms with E-state index < -0.39 is 0 Å². The van der Waals surface area contributed by atoms with E-state index in [2.05, 4.69) is 15.4 Å². The van der Waals surface area contributed by atoms with Crippen LogP contribution in [0.25, 0.3) is 5.69 Å². The summed E-state index contributed by atoms with van der Waals surface area (Å²) in [5, 5.41) is 7.02. The molecule has 5 nitrogen and oxygen atoms in total. The molecule has 0 bridgehead atoms. The molecule has 0 spiro atoms. The largest absolute Gasteiger partial charge is 0.319 e. The van der Waals surface area contributed by atoms with Gasteiger partial charge in [0.25, 0.3) is 5.91 Å². The Morgan fingerprint density at radius 3 is 2.55 bits per heavy atom. The molecule has 0 saturated heterocycles. The van der Waals surface area contributed by atoms with Gasteiger partial charge in [0, 0.05) is 5.69 Å². The second-order valence-corrected chi connectivity index (χ2v) is 5.17. The maximum atomic E-state index is 12.2. The number of hydrogen-bond donors (Lipinski definition) is 1. The van der Waals surface area contributed by atoms with Gasteiger partial charge in [-0.25, -0.2) is 9.67 Å². The third-order valence-corrected chi connectivity index (χ3v) is 3.27. The lowest BCUT2D eigenvalue weighted by Crippen LogP contribution is -2.14. The van der Waals surface area contributed by atoms with E-state index in [4.69, 9.17) is 0 Å². The summed E-state index contributed by atoms with van der Waals surface area (Å²) in [5.74, 6) is -0.182. The summed E-state index contributed by atoms with van der Waals surface area (Å²) in [5.41, 5.74) is 3.85. The molecule has 1 amide bonds. The second-order valence-electron chi connectivity index (χ2n) is 5.17. The quantitative estimate of drug-likeness (QED) is 0.806. The number of rotatable bonds is 3. The van der Waals surface area contributed by atoms with Crippen molar-refractivity contribution in [2.45, 2.75) is 13.8 Å². The first-order chi connectivity index (χ1) is 10.6.